The summed E-state index contributed by atoms with van der Waals surface area (Å²) in [5.74, 6) is 0.240. The summed E-state index contributed by atoms with van der Waals surface area (Å²) < 4.78 is 0. The van der Waals surface area contributed by atoms with Crippen molar-refractivity contribution in [2.24, 2.45) is 0 Å². The van der Waals surface area contributed by atoms with Crippen molar-refractivity contribution in [3.8, 4) is 0 Å². The maximum atomic E-state index is 11.5. The fraction of sp³-hybridized carbons (Fsp3) is 0.278. The molecule has 0 saturated carbocycles. The summed E-state index contributed by atoms with van der Waals surface area (Å²) in [6.45, 7) is 2.15. The Kier molecular flexibility index (Phi) is 3.55. The van der Waals surface area contributed by atoms with Gasteiger partial charge in [0.15, 0.2) is 5.78 Å². The van der Waals surface area contributed by atoms with Crippen molar-refractivity contribution in [1.29, 1.82) is 0 Å². The Morgan fingerprint density at radius 2 is 1.85 bits per heavy atom. The van der Waals surface area contributed by atoms with E-state index >= 15 is 0 Å². The molecule has 102 valence electrons. The van der Waals surface area contributed by atoms with Gasteiger partial charge in [-0.2, -0.15) is 0 Å². The average molecular weight is 265 g/mol. The first-order chi connectivity index (χ1) is 9.74. The fourth-order valence-corrected chi connectivity index (χ4v) is 2.89. The maximum absolute atomic E-state index is 11.5. The van der Waals surface area contributed by atoms with Gasteiger partial charge in [-0.25, -0.2) is 0 Å². The molecular weight excluding hydrogens is 246 g/mol. The van der Waals surface area contributed by atoms with Crippen molar-refractivity contribution < 1.29 is 4.79 Å². The molecular formula is C18H19NO. The molecule has 0 saturated heterocycles. The van der Waals surface area contributed by atoms with Crippen molar-refractivity contribution in [3.05, 3.63) is 59.8 Å². The molecule has 2 aromatic rings. The molecule has 0 aromatic heterocycles. The Bertz CT molecular complexity index is 667. The van der Waals surface area contributed by atoms with E-state index in [0.717, 1.165) is 18.5 Å². The Morgan fingerprint density at radius 1 is 1.05 bits per heavy atom. The highest BCUT2D eigenvalue weighted by Crippen LogP contribution is 2.25. The van der Waals surface area contributed by atoms with E-state index in [1.165, 1.54) is 16.3 Å². The number of ketones is 1. The lowest BCUT2D eigenvalue weighted by Gasteiger charge is -2.21. The van der Waals surface area contributed by atoms with Crippen molar-refractivity contribution in [3.63, 3.8) is 0 Å². The smallest absolute Gasteiger partial charge is 0.157 e. The number of benzene rings is 2. The maximum Gasteiger partial charge on any atom is 0.157 e. The molecule has 2 nitrogen and oxygen atoms in total. The third kappa shape index (κ3) is 2.60. The van der Waals surface area contributed by atoms with Crippen LogP contribution in [0.4, 0.5) is 0 Å². The molecule has 2 heteroatoms. The molecule has 0 spiro atoms. The average Bonchev–Trinajstić information content (AvgIpc) is 2.46. The molecule has 0 amide bonds. The number of hydrogen-bond donors (Lipinski definition) is 1. The lowest BCUT2D eigenvalue weighted by Crippen LogP contribution is -2.21. The van der Waals surface area contributed by atoms with Crippen molar-refractivity contribution >= 4 is 16.6 Å². The van der Waals surface area contributed by atoms with Gasteiger partial charge in [0, 0.05) is 24.2 Å². The van der Waals surface area contributed by atoms with E-state index in [-0.39, 0.29) is 11.8 Å². The zero-order valence-corrected chi connectivity index (χ0v) is 11.7. The van der Waals surface area contributed by atoms with E-state index in [9.17, 15) is 4.79 Å². The second-order valence-electron chi connectivity index (χ2n) is 5.42. The third-order valence-electron chi connectivity index (χ3n) is 3.90. The van der Waals surface area contributed by atoms with Crippen LogP contribution in [0, 0.1) is 0 Å². The molecule has 1 aliphatic carbocycles. The standard InChI is InChI=1S/C18H19NO/c1-13(19-15-8-5-9-16(20)12-15)17-11-4-7-14-6-2-3-10-18(14)17/h2-4,6-7,10-13,19H,5,8-9H2,1H3. The summed E-state index contributed by atoms with van der Waals surface area (Å²) in [5.41, 5.74) is 2.35. The van der Waals surface area contributed by atoms with Crippen LogP contribution in [0.5, 0.6) is 0 Å². The van der Waals surface area contributed by atoms with Crippen LogP contribution in [-0.4, -0.2) is 5.78 Å². The van der Waals surface area contributed by atoms with Gasteiger partial charge in [-0.05, 0) is 36.1 Å². The van der Waals surface area contributed by atoms with Crippen LogP contribution < -0.4 is 5.32 Å². The van der Waals surface area contributed by atoms with E-state index in [0.29, 0.717) is 6.42 Å². The Balaban J connectivity index is 1.89. The number of rotatable bonds is 3. The monoisotopic (exact) mass is 265 g/mol. The van der Waals surface area contributed by atoms with Gasteiger partial charge in [0.2, 0.25) is 0 Å². The highest BCUT2D eigenvalue weighted by Gasteiger charge is 2.14. The molecule has 0 radical (unpaired) electrons. The molecule has 0 heterocycles. The van der Waals surface area contributed by atoms with E-state index in [1.807, 2.05) is 0 Å². The number of carbonyl (C=O) groups excluding carboxylic acids is 1. The van der Waals surface area contributed by atoms with E-state index < -0.39 is 0 Å². The third-order valence-corrected chi connectivity index (χ3v) is 3.90. The molecule has 1 aliphatic rings. The first-order valence-electron chi connectivity index (χ1n) is 7.21. The van der Waals surface area contributed by atoms with Crippen LogP contribution in [-0.2, 0) is 4.79 Å². The van der Waals surface area contributed by atoms with Gasteiger partial charge in [-0.3, -0.25) is 4.79 Å². The van der Waals surface area contributed by atoms with Crippen LogP contribution in [0.1, 0.15) is 37.8 Å². The second kappa shape index (κ2) is 5.49. The lowest BCUT2D eigenvalue weighted by molar-refractivity contribution is -0.115. The summed E-state index contributed by atoms with van der Waals surface area (Å²) in [7, 11) is 0. The number of fused-ring (bicyclic) bond motifs is 1. The van der Waals surface area contributed by atoms with Gasteiger partial charge in [-0.1, -0.05) is 42.5 Å². The number of allylic oxidation sites excluding steroid dienone is 2. The summed E-state index contributed by atoms with van der Waals surface area (Å²) in [4.78, 5) is 11.5. The van der Waals surface area contributed by atoms with Gasteiger partial charge < -0.3 is 5.32 Å². The molecule has 1 atom stereocenters. The van der Waals surface area contributed by atoms with Crippen LogP contribution in [0.25, 0.3) is 10.8 Å². The Morgan fingerprint density at radius 3 is 2.70 bits per heavy atom. The Hall–Kier alpha value is -2.09. The van der Waals surface area contributed by atoms with Gasteiger partial charge >= 0.3 is 0 Å². The van der Waals surface area contributed by atoms with Gasteiger partial charge in [0.05, 0.1) is 0 Å². The SMILES string of the molecule is CC(NC1=CC(=O)CCC1)c1cccc2ccccc12. The highest BCUT2D eigenvalue weighted by atomic mass is 16.1. The largest absolute Gasteiger partial charge is 0.382 e. The minimum absolute atomic E-state index is 0.207. The summed E-state index contributed by atoms with van der Waals surface area (Å²) in [6, 6.07) is 15.0. The molecule has 0 fully saturated rings. The van der Waals surface area contributed by atoms with Crippen LogP contribution in [0.15, 0.2) is 54.2 Å². The minimum Gasteiger partial charge on any atom is -0.382 e. The summed E-state index contributed by atoms with van der Waals surface area (Å²) >= 11 is 0. The Labute approximate surface area is 119 Å². The molecule has 0 aliphatic heterocycles. The van der Waals surface area contributed by atoms with Crippen LogP contribution in [0.3, 0.4) is 0 Å². The molecule has 1 unspecified atom stereocenters. The highest BCUT2D eigenvalue weighted by molar-refractivity contribution is 5.91. The second-order valence-corrected chi connectivity index (χ2v) is 5.42. The normalized spacial score (nSPS) is 16.9. The van der Waals surface area contributed by atoms with Crippen molar-refractivity contribution in [1.82, 2.24) is 5.32 Å². The predicted octanol–water partition coefficient (Wildman–Crippen LogP) is 4.13. The first kappa shape index (κ1) is 12.9. The van der Waals surface area contributed by atoms with Gasteiger partial charge in [0.1, 0.15) is 0 Å². The fourth-order valence-electron chi connectivity index (χ4n) is 2.89. The first-order valence-corrected chi connectivity index (χ1v) is 7.21. The number of nitrogens with one attached hydrogen (secondary N) is 1. The zero-order chi connectivity index (χ0) is 13.9. The predicted molar refractivity (Wildman–Crippen MR) is 82.4 cm³/mol. The molecule has 3 rings (SSSR count). The number of hydrogen-bond acceptors (Lipinski definition) is 2. The zero-order valence-electron chi connectivity index (χ0n) is 11.7. The van der Waals surface area contributed by atoms with Crippen molar-refractivity contribution in [2.75, 3.05) is 0 Å². The molecule has 2 aromatic carbocycles. The molecule has 20 heavy (non-hydrogen) atoms. The summed E-state index contributed by atoms with van der Waals surface area (Å²) in [5, 5.41) is 6.03. The minimum atomic E-state index is 0.207. The van der Waals surface area contributed by atoms with Gasteiger partial charge in [-0.15, -0.1) is 0 Å². The van der Waals surface area contributed by atoms with Crippen LogP contribution >= 0.6 is 0 Å². The van der Waals surface area contributed by atoms with E-state index in [2.05, 4.69) is 54.7 Å². The van der Waals surface area contributed by atoms with E-state index in [1.54, 1.807) is 6.08 Å². The van der Waals surface area contributed by atoms with Crippen molar-refractivity contribution in [2.45, 2.75) is 32.2 Å². The summed E-state index contributed by atoms with van der Waals surface area (Å²) in [6.07, 6.45) is 4.39. The number of carbonyl (C=O) groups is 1. The lowest BCUT2D eigenvalue weighted by atomic mass is 9.98. The topological polar surface area (TPSA) is 29.1 Å². The van der Waals surface area contributed by atoms with Crippen LogP contribution in [0.2, 0.25) is 0 Å². The van der Waals surface area contributed by atoms with E-state index in [4.69, 9.17) is 0 Å². The molecule has 0 bridgehead atoms. The molecule has 1 N–H and O–H groups in total. The quantitative estimate of drug-likeness (QED) is 0.904. The van der Waals surface area contributed by atoms with Gasteiger partial charge in [0.25, 0.3) is 0 Å².